The van der Waals surface area contributed by atoms with Gasteiger partial charge >= 0.3 is 0 Å². The zero-order valence-electron chi connectivity index (χ0n) is 14.3. The minimum atomic E-state index is -0.301. The molecule has 128 valence electrons. The third-order valence-electron chi connectivity index (χ3n) is 4.02. The Labute approximate surface area is 151 Å². The maximum atomic E-state index is 12.4. The van der Waals surface area contributed by atoms with Crippen LogP contribution in [0.3, 0.4) is 0 Å². The first-order valence-electron chi connectivity index (χ1n) is 8.05. The number of nitrogens with one attached hydrogen (secondary N) is 1. The Hall–Kier alpha value is -2.66. The lowest BCUT2D eigenvalue weighted by molar-refractivity contribution is 0.102. The molecule has 3 rings (SSSR count). The molecule has 0 fully saturated rings. The Bertz CT molecular complexity index is 883. The first kappa shape index (κ1) is 17.2. The van der Waals surface area contributed by atoms with Gasteiger partial charge in [-0.3, -0.25) is 4.79 Å². The lowest BCUT2D eigenvalue weighted by atomic mass is 10.0. The van der Waals surface area contributed by atoms with E-state index in [2.05, 4.69) is 41.6 Å². The Kier molecular flexibility index (Phi) is 4.86. The minimum absolute atomic E-state index is 0.294. The summed E-state index contributed by atoms with van der Waals surface area (Å²) in [7, 11) is 0. The van der Waals surface area contributed by atoms with Crippen LogP contribution in [-0.4, -0.2) is 20.9 Å². The molecular weight excluding hydrogens is 336 g/mol. The highest BCUT2D eigenvalue weighted by Crippen LogP contribution is 2.19. The molecule has 0 aliphatic rings. The van der Waals surface area contributed by atoms with Crippen LogP contribution in [0, 0.1) is 6.92 Å². The molecule has 5 nitrogen and oxygen atoms in total. The average molecular weight is 355 g/mol. The summed E-state index contributed by atoms with van der Waals surface area (Å²) in [5.41, 5.74) is 3.76. The van der Waals surface area contributed by atoms with E-state index in [4.69, 9.17) is 11.6 Å². The van der Waals surface area contributed by atoms with Crippen molar-refractivity contribution in [1.82, 2.24) is 15.0 Å². The van der Waals surface area contributed by atoms with Crippen LogP contribution in [0.4, 0.5) is 5.69 Å². The number of nitrogens with zero attached hydrogens (tertiary/aromatic N) is 3. The summed E-state index contributed by atoms with van der Waals surface area (Å²) in [4.78, 5) is 12.4. The summed E-state index contributed by atoms with van der Waals surface area (Å²) < 4.78 is 1.67. The van der Waals surface area contributed by atoms with Crippen molar-refractivity contribution in [2.45, 2.75) is 26.7 Å². The molecule has 0 saturated heterocycles. The standard InChI is InChI=1S/C19H19ClN4O/c1-12(2)14-4-10-17(11-5-14)24-13(3)18(22-23-24)19(25)21-16-8-6-15(20)7-9-16/h4-12H,1-3H3,(H,21,25). The number of hydrogen-bond donors (Lipinski definition) is 1. The van der Waals surface area contributed by atoms with Crippen molar-refractivity contribution in [2.24, 2.45) is 0 Å². The Morgan fingerprint density at radius 1 is 1.08 bits per heavy atom. The Balaban J connectivity index is 1.82. The third kappa shape index (κ3) is 3.72. The average Bonchev–Trinajstić information content (AvgIpc) is 2.98. The van der Waals surface area contributed by atoms with Crippen LogP contribution < -0.4 is 5.32 Å². The van der Waals surface area contributed by atoms with E-state index in [1.165, 1.54) is 5.56 Å². The number of aromatic nitrogens is 3. The van der Waals surface area contributed by atoms with Gasteiger partial charge in [0.05, 0.1) is 11.4 Å². The van der Waals surface area contributed by atoms with E-state index < -0.39 is 0 Å². The number of carbonyl (C=O) groups excluding carboxylic acids is 1. The maximum absolute atomic E-state index is 12.4. The molecule has 1 heterocycles. The van der Waals surface area contributed by atoms with E-state index >= 15 is 0 Å². The smallest absolute Gasteiger partial charge is 0.278 e. The molecule has 0 spiro atoms. The van der Waals surface area contributed by atoms with E-state index in [9.17, 15) is 4.79 Å². The molecule has 0 radical (unpaired) electrons. The monoisotopic (exact) mass is 354 g/mol. The first-order valence-corrected chi connectivity index (χ1v) is 8.43. The van der Waals surface area contributed by atoms with E-state index in [1.807, 2.05) is 19.1 Å². The van der Waals surface area contributed by atoms with Crippen molar-refractivity contribution in [3.63, 3.8) is 0 Å². The van der Waals surface area contributed by atoms with Crippen LogP contribution in [0.2, 0.25) is 5.02 Å². The molecule has 0 saturated carbocycles. The normalized spacial score (nSPS) is 10.9. The highest BCUT2D eigenvalue weighted by atomic mass is 35.5. The lowest BCUT2D eigenvalue weighted by Gasteiger charge is -2.08. The Morgan fingerprint density at radius 2 is 1.72 bits per heavy atom. The fourth-order valence-electron chi connectivity index (χ4n) is 2.51. The lowest BCUT2D eigenvalue weighted by Crippen LogP contribution is -2.14. The van der Waals surface area contributed by atoms with Gasteiger partial charge in [-0.25, -0.2) is 4.68 Å². The molecule has 1 N–H and O–H groups in total. The highest BCUT2D eigenvalue weighted by molar-refractivity contribution is 6.30. The van der Waals surface area contributed by atoms with Crippen molar-refractivity contribution < 1.29 is 4.79 Å². The Morgan fingerprint density at radius 3 is 2.32 bits per heavy atom. The second-order valence-corrected chi connectivity index (χ2v) is 6.58. The number of amides is 1. The zero-order chi connectivity index (χ0) is 18.0. The predicted molar refractivity (Wildman–Crippen MR) is 99.6 cm³/mol. The van der Waals surface area contributed by atoms with E-state index in [0.29, 0.717) is 28.0 Å². The van der Waals surface area contributed by atoms with Gasteiger partial charge in [-0.05, 0) is 54.8 Å². The summed E-state index contributed by atoms with van der Waals surface area (Å²) in [6.45, 7) is 6.12. The maximum Gasteiger partial charge on any atom is 0.278 e. The van der Waals surface area contributed by atoms with Gasteiger partial charge in [-0.1, -0.05) is 42.8 Å². The van der Waals surface area contributed by atoms with Crippen molar-refractivity contribution in [3.8, 4) is 5.69 Å². The van der Waals surface area contributed by atoms with Crippen molar-refractivity contribution in [1.29, 1.82) is 0 Å². The van der Waals surface area contributed by atoms with Gasteiger partial charge in [0.15, 0.2) is 5.69 Å². The second-order valence-electron chi connectivity index (χ2n) is 6.14. The number of rotatable bonds is 4. The van der Waals surface area contributed by atoms with Gasteiger partial charge in [0.1, 0.15) is 0 Å². The quantitative estimate of drug-likeness (QED) is 0.744. The van der Waals surface area contributed by atoms with Crippen LogP contribution in [0.1, 0.15) is 41.5 Å². The molecule has 0 bridgehead atoms. The molecular formula is C19H19ClN4O. The van der Waals surface area contributed by atoms with Gasteiger partial charge in [-0.15, -0.1) is 5.10 Å². The number of carbonyl (C=O) groups is 1. The van der Waals surface area contributed by atoms with Crippen molar-refractivity contribution in [3.05, 3.63) is 70.5 Å². The van der Waals surface area contributed by atoms with Gasteiger partial charge in [-0.2, -0.15) is 0 Å². The van der Waals surface area contributed by atoms with Crippen molar-refractivity contribution in [2.75, 3.05) is 5.32 Å². The molecule has 0 atom stereocenters. The summed E-state index contributed by atoms with van der Waals surface area (Å²) in [5, 5.41) is 11.6. The zero-order valence-corrected chi connectivity index (χ0v) is 15.1. The molecule has 1 aromatic heterocycles. The third-order valence-corrected chi connectivity index (χ3v) is 4.27. The largest absolute Gasteiger partial charge is 0.321 e. The molecule has 2 aromatic carbocycles. The van der Waals surface area contributed by atoms with Gasteiger partial charge in [0, 0.05) is 10.7 Å². The molecule has 0 aliphatic carbocycles. The molecule has 0 unspecified atom stereocenters. The van der Waals surface area contributed by atoms with Gasteiger partial charge in [0.2, 0.25) is 0 Å². The second kappa shape index (κ2) is 7.07. The first-order chi connectivity index (χ1) is 12.0. The summed E-state index contributed by atoms with van der Waals surface area (Å²) in [6.07, 6.45) is 0. The number of hydrogen-bond acceptors (Lipinski definition) is 3. The summed E-state index contributed by atoms with van der Waals surface area (Å²) in [5.74, 6) is 0.163. The van der Waals surface area contributed by atoms with Crippen LogP contribution in [-0.2, 0) is 0 Å². The van der Waals surface area contributed by atoms with Crippen molar-refractivity contribution >= 4 is 23.2 Å². The fourth-order valence-corrected chi connectivity index (χ4v) is 2.63. The van der Waals surface area contributed by atoms with E-state index in [1.54, 1.807) is 28.9 Å². The molecule has 1 amide bonds. The van der Waals surface area contributed by atoms with Crippen LogP contribution in [0.5, 0.6) is 0 Å². The number of halogens is 1. The topological polar surface area (TPSA) is 59.8 Å². The SMILES string of the molecule is Cc1c(C(=O)Nc2ccc(Cl)cc2)nnn1-c1ccc(C(C)C)cc1. The molecule has 6 heteroatoms. The predicted octanol–water partition coefficient (Wildman–Crippen LogP) is 4.60. The number of benzene rings is 2. The summed E-state index contributed by atoms with van der Waals surface area (Å²) >= 11 is 5.85. The van der Waals surface area contributed by atoms with Crippen LogP contribution in [0.15, 0.2) is 48.5 Å². The molecule has 0 aliphatic heterocycles. The minimum Gasteiger partial charge on any atom is -0.321 e. The van der Waals surface area contributed by atoms with Gasteiger partial charge < -0.3 is 5.32 Å². The van der Waals surface area contributed by atoms with E-state index in [0.717, 1.165) is 5.69 Å². The van der Waals surface area contributed by atoms with Crippen LogP contribution in [0.25, 0.3) is 5.69 Å². The van der Waals surface area contributed by atoms with Gasteiger partial charge in [0.25, 0.3) is 5.91 Å². The fraction of sp³-hybridized carbons (Fsp3) is 0.211. The highest BCUT2D eigenvalue weighted by Gasteiger charge is 2.17. The summed E-state index contributed by atoms with van der Waals surface area (Å²) in [6, 6.07) is 15.0. The molecule has 25 heavy (non-hydrogen) atoms. The molecule has 3 aromatic rings. The number of anilines is 1. The van der Waals surface area contributed by atoms with Crippen LogP contribution >= 0.6 is 11.6 Å². The van der Waals surface area contributed by atoms with E-state index in [-0.39, 0.29) is 5.91 Å².